The molecule has 2 rings (SSSR count). The molecule has 78 valence electrons. The monoisotopic (exact) mass is 219 g/mol. The zero-order chi connectivity index (χ0) is 10.7. The molecule has 0 saturated heterocycles. The van der Waals surface area contributed by atoms with Gasteiger partial charge < -0.3 is 5.32 Å². The minimum atomic E-state index is 0.455. The highest BCUT2D eigenvalue weighted by Gasteiger charge is 2.00. The van der Waals surface area contributed by atoms with Crippen molar-refractivity contribution in [3.8, 4) is 11.3 Å². The predicted octanol–water partition coefficient (Wildman–Crippen LogP) is 3.03. The second-order valence-corrected chi connectivity index (χ2v) is 4.28. The largest absolute Gasteiger partial charge is 0.383 e. The minimum absolute atomic E-state index is 0.455. The fourth-order valence-electron chi connectivity index (χ4n) is 1.36. The molecule has 1 heterocycles. The number of hydrogen-bond acceptors (Lipinski definition) is 4. The van der Waals surface area contributed by atoms with Crippen molar-refractivity contribution in [2.75, 3.05) is 5.32 Å². The maximum absolute atomic E-state index is 4.03. The maximum atomic E-state index is 4.03. The molecule has 0 spiro atoms. The minimum Gasteiger partial charge on any atom is -0.383 e. The van der Waals surface area contributed by atoms with E-state index in [1.807, 2.05) is 5.38 Å². The Morgan fingerprint density at radius 2 is 1.93 bits per heavy atom. The molecule has 0 saturated carbocycles. The molecule has 0 aliphatic carbocycles. The highest BCUT2D eigenvalue weighted by atomic mass is 32.1. The summed E-state index contributed by atoms with van der Waals surface area (Å²) in [5.74, 6) is 0. The van der Waals surface area contributed by atoms with Crippen molar-refractivity contribution in [1.29, 1.82) is 0 Å². The van der Waals surface area contributed by atoms with Crippen LogP contribution < -0.4 is 5.32 Å². The molecule has 0 bridgehead atoms. The lowest BCUT2D eigenvalue weighted by Gasteiger charge is -2.09. The third-order valence-electron chi connectivity index (χ3n) is 2.00. The topological polar surface area (TPSA) is 37.8 Å². The molecule has 1 N–H and O–H groups in total. The standard InChI is InChI=1S/C11H13N3S/c1-8(2)12-10-5-3-9(4-6-10)11-7-15-14-13-11/h3-8,12H,1-2H3. The van der Waals surface area contributed by atoms with Crippen molar-refractivity contribution in [1.82, 2.24) is 9.59 Å². The summed E-state index contributed by atoms with van der Waals surface area (Å²) >= 11 is 1.37. The van der Waals surface area contributed by atoms with Crippen LogP contribution in [0.5, 0.6) is 0 Å². The molecule has 0 aliphatic heterocycles. The second-order valence-electron chi connectivity index (χ2n) is 3.67. The van der Waals surface area contributed by atoms with Crippen molar-refractivity contribution in [3.05, 3.63) is 29.6 Å². The van der Waals surface area contributed by atoms with E-state index in [4.69, 9.17) is 0 Å². The summed E-state index contributed by atoms with van der Waals surface area (Å²) in [6, 6.07) is 8.70. The average Bonchev–Trinajstić information content (AvgIpc) is 2.71. The van der Waals surface area contributed by atoms with Gasteiger partial charge in [-0.1, -0.05) is 16.6 Å². The van der Waals surface area contributed by atoms with Gasteiger partial charge in [0.1, 0.15) is 5.69 Å². The van der Waals surface area contributed by atoms with Gasteiger partial charge in [-0.05, 0) is 37.5 Å². The third-order valence-corrected chi connectivity index (χ3v) is 2.50. The average molecular weight is 219 g/mol. The third kappa shape index (κ3) is 2.53. The van der Waals surface area contributed by atoms with E-state index in [-0.39, 0.29) is 0 Å². The first-order valence-corrected chi connectivity index (χ1v) is 5.73. The lowest BCUT2D eigenvalue weighted by atomic mass is 10.1. The van der Waals surface area contributed by atoms with Crippen molar-refractivity contribution in [2.24, 2.45) is 0 Å². The normalized spacial score (nSPS) is 10.6. The van der Waals surface area contributed by atoms with E-state index in [0.29, 0.717) is 6.04 Å². The Morgan fingerprint density at radius 1 is 1.20 bits per heavy atom. The smallest absolute Gasteiger partial charge is 0.105 e. The van der Waals surface area contributed by atoms with Crippen molar-refractivity contribution < 1.29 is 0 Å². The summed E-state index contributed by atoms with van der Waals surface area (Å²) in [7, 11) is 0. The number of anilines is 1. The number of aromatic nitrogens is 2. The highest BCUT2D eigenvalue weighted by Crippen LogP contribution is 2.20. The summed E-state index contributed by atoms with van der Waals surface area (Å²) in [6.07, 6.45) is 0. The van der Waals surface area contributed by atoms with Crippen molar-refractivity contribution in [2.45, 2.75) is 19.9 Å². The quantitative estimate of drug-likeness (QED) is 0.862. The maximum Gasteiger partial charge on any atom is 0.105 e. The molecular formula is C11H13N3S. The van der Waals surface area contributed by atoms with E-state index in [1.165, 1.54) is 11.5 Å². The molecule has 0 radical (unpaired) electrons. The van der Waals surface area contributed by atoms with Gasteiger partial charge in [-0.15, -0.1) is 5.10 Å². The number of benzene rings is 1. The number of nitrogens with zero attached hydrogens (tertiary/aromatic N) is 2. The molecule has 4 heteroatoms. The van der Waals surface area contributed by atoms with Crippen LogP contribution in [0.2, 0.25) is 0 Å². The van der Waals surface area contributed by atoms with Crippen LogP contribution in [0.1, 0.15) is 13.8 Å². The van der Waals surface area contributed by atoms with Crippen LogP contribution >= 0.6 is 11.5 Å². The van der Waals surface area contributed by atoms with Gasteiger partial charge in [0.25, 0.3) is 0 Å². The fraction of sp³-hybridized carbons (Fsp3) is 0.273. The van der Waals surface area contributed by atoms with Crippen LogP contribution in [0, 0.1) is 0 Å². The van der Waals surface area contributed by atoms with E-state index in [9.17, 15) is 0 Å². The molecule has 1 aromatic carbocycles. The van der Waals surface area contributed by atoms with Gasteiger partial charge in [-0.3, -0.25) is 0 Å². The van der Waals surface area contributed by atoms with Gasteiger partial charge in [0.05, 0.1) is 0 Å². The summed E-state index contributed by atoms with van der Waals surface area (Å²) in [4.78, 5) is 0. The molecule has 2 aromatic rings. The predicted molar refractivity (Wildman–Crippen MR) is 64.1 cm³/mol. The molecule has 0 unspecified atom stereocenters. The lowest BCUT2D eigenvalue weighted by Crippen LogP contribution is -2.09. The summed E-state index contributed by atoms with van der Waals surface area (Å²) < 4.78 is 3.85. The van der Waals surface area contributed by atoms with E-state index < -0.39 is 0 Å². The highest BCUT2D eigenvalue weighted by molar-refractivity contribution is 7.03. The molecule has 3 nitrogen and oxygen atoms in total. The number of hydrogen-bond donors (Lipinski definition) is 1. The molecule has 0 atom stereocenters. The van der Waals surface area contributed by atoms with Crippen molar-refractivity contribution >= 4 is 17.2 Å². The van der Waals surface area contributed by atoms with E-state index in [0.717, 1.165) is 16.9 Å². The van der Waals surface area contributed by atoms with E-state index in [1.54, 1.807) is 0 Å². The van der Waals surface area contributed by atoms with Gasteiger partial charge >= 0.3 is 0 Å². The van der Waals surface area contributed by atoms with E-state index >= 15 is 0 Å². The summed E-state index contributed by atoms with van der Waals surface area (Å²) in [5.41, 5.74) is 3.19. The molecule has 0 fully saturated rings. The molecule has 0 amide bonds. The van der Waals surface area contributed by atoms with Crippen LogP contribution in [-0.2, 0) is 0 Å². The van der Waals surface area contributed by atoms with Crippen LogP contribution in [0.4, 0.5) is 5.69 Å². The SMILES string of the molecule is CC(C)Nc1ccc(-c2csnn2)cc1. The lowest BCUT2D eigenvalue weighted by molar-refractivity contribution is 0.900. The van der Waals surface area contributed by atoms with Gasteiger partial charge in [0.2, 0.25) is 0 Å². The van der Waals surface area contributed by atoms with E-state index in [2.05, 4.69) is 53.0 Å². The molecule has 15 heavy (non-hydrogen) atoms. The molecule has 0 aliphatic rings. The van der Waals surface area contributed by atoms with Gasteiger partial charge in [-0.25, -0.2) is 0 Å². The van der Waals surface area contributed by atoms with Crippen LogP contribution in [0.3, 0.4) is 0 Å². The second kappa shape index (κ2) is 4.40. The van der Waals surface area contributed by atoms with Crippen LogP contribution in [0.25, 0.3) is 11.3 Å². The summed E-state index contributed by atoms with van der Waals surface area (Å²) in [5, 5.41) is 9.32. The zero-order valence-corrected chi connectivity index (χ0v) is 9.58. The first-order chi connectivity index (χ1) is 7.25. The molecular weight excluding hydrogens is 206 g/mol. The van der Waals surface area contributed by atoms with Crippen LogP contribution in [0.15, 0.2) is 29.6 Å². The Labute approximate surface area is 93.3 Å². The first-order valence-electron chi connectivity index (χ1n) is 4.90. The Kier molecular flexibility index (Phi) is 2.97. The van der Waals surface area contributed by atoms with Crippen molar-refractivity contribution in [3.63, 3.8) is 0 Å². The van der Waals surface area contributed by atoms with Crippen LogP contribution in [-0.4, -0.2) is 15.6 Å². The molecule has 1 aromatic heterocycles. The Hall–Kier alpha value is -1.42. The first kappa shape index (κ1) is 10.1. The Balaban J connectivity index is 2.17. The summed E-state index contributed by atoms with van der Waals surface area (Å²) in [6.45, 7) is 4.25. The van der Waals surface area contributed by atoms with Gasteiger partial charge in [0, 0.05) is 22.7 Å². The van der Waals surface area contributed by atoms with Gasteiger partial charge in [-0.2, -0.15) is 0 Å². The number of rotatable bonds is 3. The zero-order valence-electron chi connectivity index (χ0n) is 8.77. The number of nitrogens with one attached hydrogen (secondary N) is 1. The Morgan fingerprint density at radius 3 is 2.47 bits per heavy atom. The Bertz CT molecular complexity index is 406. The fourth-order valence-corrected chi connectivity index (χ4v) is 1.83. The van der Waals surface area contributed by atoms with Gasteiger partial charge in [0.15, 0.2) is 0 Å².